The summed E-state index contributed by atoms with van der Waals surface area (Å²) < 4.78 is 34.1. The smallest absolute Gasteiger partial charge is 0.376 e. The van der Waals surface area contributed by atoms with Crippen molar-refractivity contribution in [3.8, 4) is 0 Å². The summed E-state index contributed by atoms with van der Waals surface area (Å²) in [6.07, 6.45) is 0.484. The van der Waals surface area contributed by atoms with Gasteiger partial charge in [-0.05, 0) is 47.2 Å². The summed E-state index contributed by atoms with van der Waals surface area (Å²) in [5.74, 6) is 0. The van der Waals surface area contributed by atoms with Crippen molar-refractivity contribution in [1.82, 2.24) is 0 Å². The van der Waals surface area contributed by atoms with Gasteiger partial charge in [0, 0.05) is 0 Å². The minimum absolute atomic E-state index is 0.161. The van der Waals surface area contributed by atoms with Crippen LogP contribution in [0, 0.1) is 0 Å². The summed E-state index contributed by atoms with van der Waals surface area (Å²) in [4.78, 5) is 0. The summed E-state index contributed by atoms with van der Waals surface area (Å²) in [6, 6.07) is 0. The molecule has 0 aliphatic carbocycles. The molecule has 0 unspecified atom stereocenters. The van der Waals surface area contributed by atoms with Crippen LogP contribution in [0.15, 0.2) is 12.3 Å². The molecule has 0 atom stereocenters. The Morgan fingerprint density at radius 3 is 1.12 bits per heavy atom. The van der Waals surface area contributed by atoms with Gasteiger partial charge in [0.2, 0.25) is 0 Å². The van der Waals surface area contributed by atoms with Gasteiger partial charge in [-0.3, -0.25) is 0 Å². The number of rotatable bonds is 16. The van der Waals surface area contributed by atoms with Gasteiger partial charge in [-0.15, -0.1) is 0 Å². The molecule has 0 rings (SSSR count). The predicted molar refractivity (Wildman–Crippen MR) is 97.1 cm³/mol. The number of hydrogen-bond donors (Lipinski definition) is 0. The fraction of sp³-hybridized carbons (Fsp3) is 0.882. The van der Waals surface area contributed by atoms with E-state index < -0.39 is 8.80 Å². The molecule has 0 heterocycles. The van der Waals surface area contributed by atoms with Crippen molar-refractivity contribution in [2.45, 2.75) is 59.9 Å². The molecule has 0 saturated carbocycles. The molecule has 0 spiro atoms. The first-order valence-corrected chi connectivity index (χ1v) is 10.5. The molecule has 7 heteroatoms. The van der Waals surface area contributed by atoms with Gasteiger partial charge >= 0.3 is 8.80 Å². The molecule has 6 nitrogen and oxygen atoms in total. The average Bonchev–Trinajstić information content (AvgIpc) is 2.51. The minimum Gasteiger partial charge on any atom is -0.376 e. The third-order valence-corrected chi connectivity index (χ3v) is 5.08. The molecule has 0 bridgehead atoms. The van der Waals surface area contributed by atoms with Crippen molar-refractivity contribution < 1.29 is 27.5 Å². The first kappa shape index (κ1) is 23.7. The van der Waals surface area contributed by atoms with E-state index in [0.29, 0.717) is 39.6 Å². The zero-order chi connectivity index (χ0) is 18.4. The van der Waals surface area contributed by atoms with Crippen LogP contribution in [0.5, 0.6) is 0 Å². The maximum absolute atomic E-state index is 5.88. The summed E-state index contributed by atoms with van der Waals surface area (Å²) in [7, 11) is -2.96. The largest absolute Gasteiger partial charge is 0.529 e. The summed E-state index contributed by atoms with van der Waals surface area (Å²) >= 11 is 0. The first-order valence-electron chi connectivity index (χ1n) is 8.71. The molecular weight excluding hydrogens is 328 g/mol. The molecule has 0 saturated heterocycles. The summed E-state index contributed by atoms with van der Waals surface area (Å²) in [6.45, 7) is 18.4. The Hall–Kier alpha value is -0.283. The maximum Gasteiger partial charge on any atom is 0.529 e. The van der Waals surface area contributed by atoms with Crippen LogP contribution in [0.1, 0.15) is 41.5 Å². The highest BCUT2D eigenvalue weighted by Crippen LogP contribution is 2.12. The second kappa shape index (κ2) is 13.9. The Labute approximate surface area is 148 Å². The second-order valence-corrected chi connectivity index (χ2v) is 8.59. The normalized spacial score (nSPS) is 12.5. The van der Waals surface area contributed by atoms with E-state index >= 15 is 0 Å². The van der Waals surface area contributed by atoms with Crippen molar-refractivity contribution >= 4 is 8.80 Å². The fourth-order valence-corrected chi connectivity index (χ4v) is 3.41. The highest BCUT2D eigenvalue weighted by molar-refractivity contribution is 6.66. The fourth-order valence-electron chi connectivity index (χ4n) is 1.70. The molecule has 0 aromatic carbocycles. The van der Waals surface area contributed by atoms with E-state index in [4.69, 9.17) is 27.5 Å². The van der Waals surface area contributed by atoms with Gasteiger partial charge in [0.25, 0.3) is 0 Å². The molecule has 0 aromatic rings. The first-order chi connectivity index (χ1) is 11.3. The third-order valence-electron chi connectivity index (χ3n) is 2.76. The van der Waals surface area contributed by atoms with Crippen LogP contribution in [0.2, 0.25) is 0 Å². The van der Waals surface area contributed by atoms with Crippen LogP contribution in [-0.2, 0) is 27.5 Å². The van der Waals surface area contributed by atoms with Crippen LogP contribution in [-0.4, -0.2) is 66.8 Å². The SMILES string of the molecule is C=C[Si](OCCOC(C)C)(OCCOC(C)C)OCCOC(C)C. The molecule has 0 aliphatic heterocycles. The van der Waals surface area contributed by atoms with E-state index in [0.717, 1.165) is 0 Å². The number of hydrogen-bond acceptors (Lipinski definition) is 6. The lowest BCUT2D eigenvalue weighted by molar-refractivity contribution is -0.0122. The summed E-state index contributed by atoms with van der Waals surface area (Å²) in [5.41, 5.74) is 1.65. The minimum atomic E-state index is -2.96. The van der Waals surface area contributed by atoms with Gasteiger partial charge < -0.3 is 27.5 Å². The lowest BCUT2D eigenvalue weighted by Gasteiger charge is -2.27. The molecule has 0 fully saturated rings. The highest BCUT2D eigenvalue weighted by atomic mass is 28.4. The van der Waals surface area contributed by atoms with Crippen LogP contribution in [0.3, 0.4) is 0 Å². The lowest BCUT2D eigenvalue weighted by Crippen LogP contribution is -2.46. The van der Waals surface area contributed by atoms with Crippen molar-refractivity contribution in [3.05, 3.63) is 12.3 Å². The molecule has 0 aromatic heterocycles. The Balaban J connectivity index is 4.41. The standard InChI is InChI=1S/C17H36O6Si/c1-8-24(21-12-9-18-15(2)3,22-13-10-19-16(4)5)23-14-11-20-17(6)7/h8,15-17H,1,9-14H2,2-7H3. The molecule has 24 heavy (non-hydrogen) atoms. The number of ether oxygens (including phenoxy) is 3. The Morgan fingerprint density at radius 1 is 0.625 bits per heavy atom. The third kappa shape index (κ3) is 13.1. The van der Waals surface area contributed by atoms with Gasteiger partial charge in [-0.2, -0.15) is 0 Å². The van der Waals surface area contributed by atoms with Crippen LogP contribution in [0.4, 0.5) is 0 Å². The van der Waals surface area contributed by atoms with Crippen molar-refractivity contribution in [2.24, 2.45) is 0 Å². The predicted octanol–water partition coefficient (Wildman–Crippen LogP) is 2.98. The average molecular weight is 365 g/mol. The monoisotopic (exact) mass is 364 g/mol. The summed E-state index contributed by atoms with van der Waals surface area (Å²) in [5, 5.41) is 0. The highest BCUT2D eigenvalue weighted by Gasteiger charge is 2.38. The lowest BCUT2D eigenvalue weighted by atomic mass is 10.5. The van der Waals surface area contributed by atoms with Crippen LogP contribution >= 0.6 is 0 Å². The second-order valence-electron chi connectivity index (χ2n) is 6.11. The van der Waals surface area contributed by atoms with Crippen LogP contribution in [0.25, 0.3) is 0 Å². The van der Waals surface area contributed by atoms with E-state index in [1.54, 1.807) is 5.70 Å². The quantitative estimate of drug-likeness (QED) is 0.310. The molecule has 0 radical (unpaired) electrons. The van der Waals surface area contributed by atoms with Gasteiger partial charge in [-0.25, -0.2) is 0 Å². The maximum atomic E-state index is 5.88. The zero-order valence-corrected chi connectivity index (χ0v) is 17.2. The van der Waals surface area contributed by atoms with E-state index in [9.17, 15) is 0 Å². The van der Waals surface area contributed by atoms with Crippen molar-refractivity contribution in [1.29, 1.82) is 0 Å². The Kier molecular flexibility index (Phi) is 13.8. The molecule has 144 valence electrons. The van der Waals surface area contributed by atoms with E-state index in [-0.39, 0.29) is 18.3 Å². The van der Waals surface area contributed by atoms with E-state index in [1.165, 1.54) is 0 Å². The molecule has 0 N–H and O–H groups in total. The van der Waals surface area contributed by atoms with Crippen molar-refractivity contribution in [2.75, 3.05) is 39.6 Å². The van der Waals surface area contributed by atoms with Gasteiger partial charge in [0.05, 0.1) is 58.0 Å². The Morgan fingerprint density at radius 2 is 0.917 bits per heavy atom. The zero-order valence-electron chi connectivity index (χ0n) is 16.2. The van der Waals surface area contributed by atoms with Gasteiger partial charge in [0.1, 0.15) is 0 Å². The van der Waals surface area contributed by atoms with Crippen molar-refractivity contribution in [3.63, 3.8) is 0 Å². The Bertz CT molecular complexity index is 269. The molecule has 0 amide bonds. The van der Waals surface area contributed by atoms with E-state index in [2.05, 4.69) is 6.58 Å². The van der Waals surface area contributed by atoms with Gasteiger partial charge in [-0.1, -0.05) is 6.58 Å². The van der Waals surface area contributed by atoms with Gasteiger partial charge in [0.15, 0.2) is 0 Å². The molecule has 0 aliphatic rings. The topological polar surface area (TPSA) is 55.4 Å². The van der Waals surface area contributed by atoms with E-state index in [1.807, 2.05) is 41.5 Å². The molecular formula is C17H36O6Si. The van der Waals surface area contributed by atoms with Crippen LogP contribution < -0.4 is 0 Å².